The van der Waals surface area contributed by atoms with Crippen molar-refractivity contribution >= 4 is 23.8 Å². The van der Waals surface area contributed by atoms with Crippen LogP contribution in [0.5, 0.6) is 0 Å². The summed E-state index contributed by atoms with van der Waals surface area (Å²) in [4.78, 5) is 18.2. The van der Waals surface area contributed by atoms with Crippen molar-refractivity contribution in [2.24, 2.45) is 9.98 Å². The van der Waals surface area contributed by atoms with E-state index in [1.165, 1.54) is 6.34 Å². The number of hydrogen-bond donors (Lipinski definition) is 1. The molecule has 0 fully saturated rings. The van der Waals surface area contributed by atoms with E-state index in [-0.39, 0.29) is 24.1 Å². The van der Waals surface area contributed by atoms with Crippen LogP contribution in [0.2, 0.25) is 0 Å². The van der Waals surface area contributed by atoms with Crippen LogP contribution in [0.4, 0.5) is 0 Å². The first kappa shape index (κ1) is 6.02. The average molecular weight is 152 g/mol. The summed E-state index contributed by atoms with van der Waals surface area (Å²) in [6.45, 7) is -0.0511. The Balaban J connectivity index is 2.53. The van der Waals surface area contributed by atoms with E-state index in [1.54, 1.807) is 0 Å². The number of fused-ring (bicyclic) bond motifs is 1. The Morgan fingerprint density at radius 3 is 3.27 bits per heavy atom. The normalized spacial score (nSPS) is 21.5. The molecule has 2 aliphatic rings. The predicted octanol–water partition coefficient (Wildman–Crippen LogP) is -1.53. The Kier molecular flexibility index (Phi) is 1.03. The summed E-state index contributed by atoms with van der Waals surface area (Å²) in [5.41, 5.74) is 0.103. The molecule has 0 unspecified atom stereocenters. The Morgan fingerprint density at radius 2 is 2.55 bits per heavy atom. The highest BCUT2D eigenvalue weighted by molar-refractivity contribution is 6.68. The molecule has 0 spiro atoms. The zero-order valence-electron chi connectivity index (χ0n) is 5.44. The topological polar surface area (TPSA) is 79.9 Å². The molecule has 6 heteroatoms. The van der Waals surface area contributed by atoms with Crippen molar-refractivity contribution in [2.45, 2.75) is 0 Å². The number of amidine groups is 1. The van der Waals surface area contributed by atoms with Crippen molar-refractivity contribution < 1.29 is 9.53 Å². The summed E-state index contributed by atoms with van der Waals surface area (Å²) in [7, 11) is 0. The van der Waals surface area contributed by atoms with Gasteiger partial charge in [-0.25, -0.2) is 4.74 Å². The molecule has 2 heterocycles. The first-order valence-electron chi connectivity index (χ1n) is 2.99. The largest absolute Gasteiger partial charge is 0.714 e. The second-order valence-electron chi connectivity index (χ2n) is 2.09. The summed E-state index contributed by atoms with van der Waals surface area (Å²) in [5.74, 6) is -0.238. The van der Waals surface area contributed by atoms with Crippen LogP contribution >= 0.6 is 0 Å². The molecule has 2 rings (SSSR count). The third kappa shape index (κ3) is 0.721. The molecule has 0 atom stereocenters. The van der Waals surface area contributed by atoms with Crippen molar-refractivity contribution in [1.29, 1.82) is 0 Å². The molecule has 0 aromatic carbocycles. The maximum absolute atomic E-state index is 10.9. The lowest BCUT2D eigenvalue weighted by atomic mass is 10.3. The number of hydroxylamine groups is 1. The molecule has 0 bridgehead atoms. The molecule has 11 heavy (non-hydrogen) atoms. The molecule has 0 saturated heterocycles. The van der Waals surface area contributed by atoms with Gasteiger partial charge in [-0.15, -0.1) is 0 Å². The fourth-order valence-corrected chi connectivity index (χ4v) is 0.905. The highest BCUT2D eigenvalue weighted by atomic mass is 16.5. The molecule has 0 aromatic rings. The molecule has 0 radical (unpaired) electrons. The zero-order valence-corrected chi connectivity index (χ0v) is 5.44. The quantitative estimate of drug-likeness (QED) is 0.337. The van der Waals surface area contributed by atoms with E-state index in [1.807, 2.05) is 0 Å². The van der Waals surface area contributed by atoms with Gasteiger partial charge in [-0.1, -0.05) is 0 Å². The van der Waals surface area contributed by atoms with Gasteiger partial charge in [-0.05, 0) is 4.99 Å². The minimum Gasteiger partial charge on any atom is -0.714 e. The summed E-state index contributed by atoms with van der Waals surface area (Å²) >= 11 is 0. The van der Waals surface area contributed by atoms with Gasteiger partial charge in [-0.3, -0.25) is 4.79 Å². The molecule has 6 nitrogen and oxygen atoms in total. The van der Waals surface area contributed by atoms with E-state index in [9.17, 15) is 10.0 Å². The minimum absolute atomic E-state index is 0.0511. The summed E-state index contributed by atoms with van der Waals surface area (Å²) in [6.07, 6.45) is 1.19. The number of aliphatic imine (C=N–C) groups is 2. The van der Waals surface area contributed by atoms with Gasteiger partial charge in [-0.2, -0.15) is 4.99 Å². The Bertz CT molecular complexity index is 314. The average Bonchev–Trinajstić information content (AvgIpc) is 2.45. The Labute approximate surface area is 61.5 Å². The first-order chi connectivity index (χ1) is 5.29. The van der Waals surface area contributed by atoms with Gasteiger partial charge in [0.1, 0.15) is 0 Å². The standard InChI is InChI=1S/C5H4N4O2/c10-5-3-4(7-1-6-3)9(11)2-8-5/h1H,2H2,(H,8,10). The maximum atomic E-state index is 10.9. The van der Waals surface area contributed by atoms with E-state index in [2.05, 4.69) is 15.3 Å². The molecular weight excluding hydrogens is 148 g/mol. The smallest absolute Gasteiger partial charge is 0.356 e. The lowest BCUT2D eigenvalue weighted by Crippen LogP contribution is -2.46. The third-order valence-corrected chi connectivity index (χ3v) is 1.41. The fourth-order valence-electron chi connectivity index (χ4n) is 0.905. The molecule has 0 saturated carbocycles. The number of hydrogen-bond acceptors (Lipinski definition) is 4. The van der Waals surface area contributed by atoms with Crippen molar-refractivity contribution in [3.63, 3.8) is 0 Å². The van der Waals surface area contributed by atoms with Crippen LogP contribution in [-0.4, -0.2) is 35.2 Å². The molecule has 0 aliphatic carbocycles. The Hall–Kier alpha value is -1.72. The van der Waals surface area contributed by atoms with E-state index >= 15 is 0 Å². The molecule has 2 aliphatic heterocycles. The van der Waals surface area contributed by atoms with E-state index in [0.717, 1.165) is 0 Å². The first-order valence-corrected chi connectivity index (χ1v) is 2.99. The van der Waals surface area contributed by atoms with Crippen LogP contribution < -0.4 is 5.32 Å². The van der Waals surface area contributed by atoms with Gasteiger partial charge < -0.3 is 10.5 Å². The monoisotopic (exact) mass is 152 g/mol. The van der Waals surface area contributed by atoms with Crippen LogP contribution in [0, 0.1) is 5.21 Å². The number of carbonyl (C=O) groups excluding carboxylic acids is 1. The van der Waals surface area contributed by atoms with Gasteiger partial charge in [0, 0.05) is 0 Å². The lowest BCUT2D eigenvalue weighted by Gasteiger charge is -2.15. The summed E-state index contributed by atoms with van der Waals surface area (Å²) < 4.78 is 0.587. The van der Waals surface area contributed by atoms with E-state index < -0.39 is 0 Å². The molecule has 56 valence electrons. The van der Waals surface area contributed by atoms with Crippen molar-refractivity contribution in [3.05, 3.63) is 5.21 Å². The van der Waals surface area contributed by atoms with Gasteiger partial charge in [0.15, 0.2) is 6.67 Å². The van der Waals surface area contributed by atoms with Crippen LogP contribution in [0.25, 0.3) is 0 Å². The summed E-state index contributed by atoms with van der Waals surface area (Å²) in [6, 6.07) is 0. The Morgan fingerprint density at radius 1 is 1.73 bits per heavy atom. The minimum atomic E-state index is -0.343. The number of amides is 1. The fraction of sp³-hybridized carbons (Fsp3) is 0.200. The number of nitrogens with zero attached hydrogens (tertiary/aromatic N) is 3. The molecule has 0 aromatic heterocycles. The second kappa shape index (κ2) is 1.88. The van der Waals surface area contributed by atoms with Crippen LogP contribution in [0.15, 0.2) is 9.98 Å². The van der Waals surface area contributed by atoms with Crippen molar-refractivity contribution in [1.82, 2.24) is 5.32 Å². The number of rotatable bonds is 0. The predicted molar refractivity (Wildman–Crippen MR) is 37.6 cm³/mol. The highest BCUT2D eigenvalue weighted by Gasteiger charge is 2.32. The third-order valence-electron chi connectivity index (χ3n) is 1.41. The van der Waals surface area contributed by atoms with Crippen molar-refractivity contribution in [3.8, 4) is 0 Å². The molecule has 1 N–H and O–H groups in total. The number of carbonyl (C=O) groups is 1. The van der Waals surface area contributed by atoms with E-state index in [0.29, 0.717) is 4.74 Å². The van der Waals surface area contributed by atoms with Crippen LogP contribution in [0.1, 0.15) is 0 Å². The second-order valence-corrected chi connectivity index (χ2v) is 2.09. The van der Waals surface area contributed by atoms with E-state index in [4.69, 9.17) is 0 Å². The maximum Gasteiger partial charge on any atom is 0.356 e. The lowest BCUT2D eigenvalue weighted by molar-refractivity contribution is -0.461. The van der Waals surface area contributed by atoms with Gasteiger partial charge in [0.05, 0.1) is 0 Å². The van der Waals surface area contributed by atoms with Crippen molar-refractivity contribution in [2.75, 3.05) is 6.67 Å². The molecular formula is C5H4N4O2. The SMILES string of the molecule is O=C1NC[N+]([O-])=C2N=CN=C12. The van der Waals surface area contributed by atoms with Gasteiger partial charge in [0.2, 0.25) is 12.1 Å². The zero-order chi connectivity index (χ0) is 7.84. The van der Waals surface area contributed by atoms with Gasteiger partial charge >= 0.3 is 5.84 Å². The molecule has 1 amide bonds. The van der Waals surface area contributed by atoms with Gasteiger partial charge in [0.25, 0.3) is 5.91 Å². The highest BCUT2D eigenvalue weighted by Crippen LogP contribution is 1.98. The van der Waals surface area contributed by atoms with Crippen LogP contribution in [-0.2, 0) is 4.79 Å². The summed E-state index contributed by atoms with van der Waals surface area (Å²) in [5, 5.41) is 13.2. The number of nitrogens with one attached hydrogen (secondary N) is 1. The van der Waals surface area contributed by atoms with Crippen LogP contribution in [0.3, 0.4) is 0 Å².